The topological polar surface area (TPSA) is 3.24 Å². The van der Waals surface area contributed by atoms with E-state index in [1.807, 2.05) is 30.3 Å². The molecule has 0 saturated carbocycles. The van der Waals surface area contributed by atoms with Crippen LogP contribution in [-0.4, -0.2) is 11.7 Å². The third-order valence-corrected chi connectivity index (χ3v) is 12.0. The van der Waals surface area contributed by atoms with Crippen molar-refractivity contribution in [2.75, 3.05) is 7.05 Å². The Morgan fingerprint density at radius 1 is 0.537 bits per heavy atom. The maximum absolute atomic E-state index is 2.59. The summed E-state index contributed by atoms with van der Waals surface area (Å²) in [4.78, 5) is 0. The van der Waals surface area contributed by atoms with E-state index < -0.39 is 16.0 Å². The van der Waals surface area contributed by atoms with Gasteiger partial charge in [-0.25, -0.2) is 12.1 Å². The first-order valence-electron chi connectivity index (χ1n) is 13.7. The van der Waals surface area contributed by atoms with E-state index in [2.05, 4.69) is 158 Å². The van der Waals surface area contributed by atoms with Crippen molar-refractivity contribution in [1.29, 1.82) is 0 Å². The monoisotopic (exact) mass is 611 g/mol. The molecule has 0 aliphatic heterocycles. The Kier molecular flexibility index (Phi) is 11.9. The first-order valence-corrected chi connectivity index (χ1v) is 16.3. The molecule has 0 aromatic heterocycles. The van der Waals surface area contributed by atoms with E-state index in [1.165, 1.54) is 32.1 Å². The molecule has 0 spiro atoms. The fraction of sp³-hybridized carbons (Fsp3) is 0.0811. The fourth-order valence-electron chi connectivity index (χ4n) is 4.91. The van der Waals surface area contributed by atoms with Crippen LogP contribution in [-0.2, 0) is 17.1 Å². The molecule has 0 amide bonds. The molecule has 0 N–H and O–H groups in total. The van der Waals surface area contributed by atoms with Crippen molar-refractivity contribution in [1.82, 2.24) is 4.67 Å². The van der Waals surface area contributed by atoms with Crippen LogP contribution in [0.5, 0.6) is 0 Å². The Morgan fingerprint density at radius 3 is 1.29 bits per heavy atom. The van der Waals surface area contributed by atoms with Gasteiger partial charge in [0.2, 0.25) is 0 Å². The third-order valence-electron chi connectivity index (χ3n) is 6.98. The zero-order chi connectivity index (χ0) is 27.6. The molecule has 4 heteroatoms. The SMILES string of the molecule is CC([c-]1cccc1P(c1ccccc1)c1ccccc1)N(C)P(c1ccccc1)c1ccccc1.[Fe].[cH-]1[cH-][cH-][cH-][cH-]1. The van der Waals surface area contributed by atoms with Crippen molar-refractivity contribution >= 4 is 42.5 Å². The van der Waals surface area contributed by atoms with E-state index in [9.17, 15) is 0 Å². The molecule has 0 fully saturated rings. The van der Waals surface area contributed by atoms with Gasteiger partial charge in [0.1, 0.15) is 0 Å². The van der Waals surface area contributed by atoms with Gasteiger partial charge >= 0.3 is 0 Å². The van der Waals surface area contributed by atoms with E-state index in [1.54, 1.807) is 0 Å². The van der Waals surface area contributed by atoms with Gasteiger partial charge in [0.25, 0.3) is 0 Å². The van der Waals surface area contributed by atoms with Gasteiger partial charge in [-0.3, -0.25) is 4.67 Å². The molecule has 6 aromatic rings. The molecule has 41 heavy (non-hydrogen) atoms. The molecule has 1 nitrogen and oxygen atoms in total. The Morgan fingerprint density at radius 2 is 0.902 bits per heavy atom. The Hall–Kier alpha value is -3.08. The van der Waals surface area contributed by atoms with Crippen LogP contribution < -0.4 is 26.5 Å². The first kappa shape index (κ1) is 30.9. The van der Waals surface area contributed by atoms with Crippen molar-refractivity contribution in [3.05, 3.63) is 175 Å². The molecule has 6 rings (SSSR count). The standard InChI is InChI=1S/C32H30NP2.C5H5.Fe/c1-26(33(2)35(29-20-11-5-12-21-29)30-22-13-6-14-23-30)31-24-15-25-32(31)34(27-16-7-3-8-17-27)28-18-9-4-10-19-28;1-2-4-5-3-1;/h3-26H,1-2H3;1-5H;/q-1;-5;. The predicted octanol–water partition coefficient (Wildman–Crippen LogP) is 7.61. The second kappa shape index (κ2) is 15.8. The molecule has 0 aliphatic rings. The van der Waals surface area contributed by atoms with Crippen LogP contribution in [0.15, 0.2) is 170 Å². The number of nitrogens with zero attached hydrogens (tertiary/aromatic N) is 1. The maximum atomic E-state index is 2.59. The third kappa shape index (κ3) is 7.81. The van der Waals surface area contributed by atoms with Crippen LogP contribution in [0.4, 0.5) is 0 Å². The number of hydrogen-bond donors (Lipinski definition) is 0. The van der Waals surface area contributed by atoms with Crippen molar-refractivity contribution in [3.63, 3.8) is 0 Å². The summed E-state index contributed by atoms with van der Waals surface area (Å²) in [6, 6.07) is 61.1. The molecule has 1 atom stereocenters. The Balaban J connectivity index is 0.000000584. The Bertz CT molecular complexity index is 1420. The summed E-state index contributed by atoms with van der Waals surface area (Å²) < 4.78 is 2.59. The minimum absolute atomic E-state index is 0. The summed E-state index contributed by atoms with van der Waals surface area (Å²) in [5, 5.41) is 7.00. The summed E-state index contributed by atoms with van der Waals surface area (Å²) in [6.07, 6.45) is 0. The van der Waals surface area contributed by atoms with E-state index >= 15 is 0 Å². The Labute approximate surface area is 258 Å². The zero-order valence-corrected chi connectivity index (χ0v) is 26.3. The summed E-state index contributed by atoms with van der Waals surface area (Å²) >= 11 is 0. The molecule has 0 aliphatic carbocycles. The van der Waals surface area contributed by atoms with Crippen LogP contribution >= 0.6 is 16.0 Å². The smallest absolute Gasteiger partial charge is 0.0274 e. The molecule has 0 heterocycles. The van der Waals surface area contributed by atoms with Crippen LogP contribution in [0.2, 0.25) is 0 Å². The molecule has 0 radical (unpaired) electrons. The maximum Gasteiger partial charge on any atom is 0.0274 e. The second-order valence-electron chi connectivity index (χ2n) is 9.57. The van der Waals surface area contributed by atoms with Crippen molar-refractivity contribution in [2.24, 2.45) is 0 Å². The van der Waals surface area contributed by atoms with Crippen LogP contribution in [0.3, 0.4) is 0 Å². The van der Waals surface area contributed by atoms with Crippen molar-refractivity contribution in [3.8, 4) is 0 Å². The molecular weight excluding hydrogens is 576 g/mol. The average Bonchev–Trinajstić information content (AvgIpc) is 3.76. The molecular formula is C37H35FeNP2-6. The summed E-state index contributed by atoms with van der Waals surface area (Å²) in [5.41, 5.74) is 1.42. The quantitative estimate of drug-likeness (QED) is 0.0974. The van der Waals surface area contributed by atoms with Crippen molar-refractivity contribution < 1.29 is 17.1 Å². The van der Waals surface area contributed by atoms with Gasteiger partial charge in [0, 0.05) is 25.1 Å². The van der Waals surface area contributed by atoms with E-state index in [-0.39, 0.29) is 23.1 Å². The molecule has 1 unspecified atom stereocenters. The van der Waals surface area contributed by atoms with Gasteiger partial charge in [-0.05, 0) is 42.2 Å². The number of benzene rings is 4. The predicted molar refractivity (Wildman–Crippen MR) is 178 cm³/mol. The second-order valence-corrected chi connectivity index (χ2v) is 14.0. The molecule has 0 saturated heterocycles. The van der Waals surface area contributed by atoms with E-state index in [0.717, 1.165) is 0 Å². The minimum Gasteiger partial charge on any atom is -0.748 e. The van der Waals surface area contributed by atoms with Gasteiger partial charge in [0.05, 0.1) is 0 Å². The fourth-order valence-corrected chi connectivity index (χ4v) is 9.87. The van der Waals surface area contributed by atoms with Gasteiger partial charge < -0.3 is 30.3 Å². The van der Waals surface area contributed by atoms with Gasteiger partial charge in [-0.1, -0.05) is 128 Å². The average molecular weight is 611 g/mol. The molecule has 6 aromatic carbocycles. The van der Waals surface area contributed by atoms with Gasteiger partial charge in [-0.2, -0.15) is 6.07 Å². The summed E-state index contributed by atoms with van der Waals surface area (Å²) in [7, 11) is 1.00. The molecule has 212 valence electrons. The zero-order valence-electron chi connectivity index (χ0n) is 23.4. The van der Waals surface area contributed by atoms with Gasteiger partial charge in [-0.15, -0.1) is 10.9 Å². The number of hydrogen-bond acceptors (Lipinski definition) is 1. The summed E-state index contributed by atoms with van der Waals surface area (Å²) in [5.74, 6) is 0. The van der Waals surface area contributed by atoms with E-state index in [4.69, 9.17) is 0 Å². The van der Waals surface area contributed by atoms with Crippen molar-refractivity contribution in [2.45, 2.75) is 13.0 Å². The van der Waals surface area contributed by atoms with E-state index in [0.29, 0.717) is 0 Å². The normalized spacial score (nSPS) is 11.5. The van der Waals surface area contributed by atoms with Crippen LogP contribution in [0.25, 0.3) is 0 Å². The minimum atomic E-state index is -0.656. The molecule has 0 bridgehead atoms. The van der Waals surface area contributed by atoms with Gasteiger partial charge in [0.15, 0.2) is 0 Å². The largest absolute Gasteiger partial charge is 0.748 e. The summed E-state index contributed by atoms with van der Waals surface area (Å²) in [6.45, 7) is 2.36. The van der Waals surface area contributed by atoms with Crippen LogP contribution in [0.1, 0.15) is 18.5 Å². The number of rotatable bonds is 8. The van der Waals surface area contributed by atoms with Crippen LogP contribution in [0, 0.1) is 0 Å². The first-order chi connectivity index (χ1) is 19.7.